The second-order valence-corrected chi connectivity index (χ2v) is 9.44. The lowest BCUT2D eigenvalue weighted by Gasteiger charge is -2.36. The molecule has 3 heterocycles. The number of rotatable bonds is 3. The van der Waals surface area contributed by atoms with Crippen LogP contribution in [0.25, 0.3) is 10.9 Å². The summed E-state index contributed by atoms with van der Waals surface area (Å²) in [6.07, 6.45) is 0.454. The predicted molar refractivity (Wildman–Crippen MR) is 128 cm³/mol. The van der Waals surface area contributed by atoms with Gasteiger partial charge in [0.15, 0.2) is 0 Å². The molecule has 33 heavy (non-hydrogen) atoms. The fourth-order valence-electron chi connectivity index (χ4n) is 5.09. The van der Waals surface area contributed by atoms with Gasteiger partial charge in [-0.25, -0.2) is 4.79 Å². The molecule has 2 N–H and O–H groups in total. The maximum absolute atomic E-state index is 13.7. The van der Waals surface area contributed by atoms with Gasteiger partial charge in [-0.3, -0.25) is 14.6 Å². The number of nitrogens with zero attached hydrogens (tertiary/aromatic N) is 2. The van der Waals surface area contributed by atoms with E-state index in [1.54, 1.807) is 23.1 Å². The molecule has 6 nitrogen and oxygen atoms in total. The maximum atomic E-state index is 13.7. The molecule has 0 bridgehead atoms. The number of imide groups is 1. The zero-order chi connectivity index (χ0) is 22.7. The number of halogens is 1. The third-order valence-corrected chi connectivity index (χ3v) is 7.10. The van der Waals surface area contributed by atoms with Crippen molar-refractivity contribution in [1.29, 1.82) is 0 Å². The van der Waals surface area contributed by atoms with Crippen LogP contribution in [0, 0.1) is 0 Å². The zero-order valence-electron chi connectivity index (χ0n) is 17.5. The van der Waals surface area contributed by atoms with Crippen LogP contribution in [0.2, 0.25) is 0 Å². The first kappa shape index (κ1) is 20.1. The highest BCUT2D eigenvalue weighted by atomic mass is 79.9. The fraction of sp³-hybridized carbons (Fsp3) is 0.154. The molecule has 0 saturated carbocycles. The second kappa shape index (κ2) is 7.49. The number of aromatic nitrogens is 1. The first-order valence-corrected chi connectivity index (χ1v) is 11.6. The number of phenolic OH excluding ortho intramolecular Hbond substituents is 1. The summed E-state index contributed by atoms with van der Waals surface area (Å²) in [5.74, 6) is -0.0685. The molecule has 2 aliphatic rings. The normalized spacial score (nSPS) is 19.8. The average Bonchev–Trinajstić information content (AvgIpc) is 3.30. The molecule has 0 unspecified atom stereocenters. The predicted octanol–water partition coefficient (Wildman–Crippen LogP) is 5.11. The highest BCUT2D eigenvalue weighted by Crippen LogP contribution is 2.44. The Morgan fingerprint density at radius 1 is 1.00 bits per heavy atom. The van der Waals surface area contributed by atoms with E-state index in [1.165, 1.54) is 4.90 Å². The molecule has 7 heteroatoms. The second-order valence-electron chi connectivity index (χ2n) is 8.52. The topological polar surface area (TPSA) is 76.6 Å². The molecule has 0 spiro atoms. The number of fused-ring (bicyclic) bond motifs is 4. The van der Waals surface area contributed by atoms with Crippen LogP contribution in [0.5, 0.6) is 5.75 Å². The lowest BCUT2D eigenvalue weighted by Crippen LogP contribution is -2.44. The number of para-hydroxylation sites is 1. The number of nitrogens with one attached hydrogen (secondary N) is 1. The van der Waals surface area contributed by atoms with Gasteiger partial charge in [0.25, 0.3) is 5.91 Å². The Morgan fingerprint density at radius 2 is 1.79 bits per heavy atom. The van der Waals surface area contributed by atoms with Crippen molar-refractivity contribution in [3.05, 3.63) is 99.7 Å². The molecule has 2 atom stereocenters. The van der Waals surface area contributed by atoms with E-state index >= 15 is 0 Å². The number of aromatic hydroxyl groups is 1. The van der Waals surface area contributed by atoms with Crippen LogP contribution >= 0.6 is 15.9 Å². The molecule has 4 aromatic rings. The van der Waals surface area contributed by atoms with Gasteiger partial charge in [-0.15, -0.1) is 0 Å². The third-order valence-electron chi connectivity index (χ3n) is 6.57. The van der Waals surface area contributed by atoms with E-state index in [4.69, 9.17) is 0 Å². The quantitative estimate of drug-likeness (QED) is 0.382. The zero-order valence-corrected chi connectivity index (χ0v) is 19.1. The van der Waals surface area contributed by atoms with Crippen molar-refractivity contribution in [2.45, 2.75) is 25.0 Å². The number of hydrogen-bond donors (Lipinski definition) is 2. The maximum Gasteiger partial charge on any atom is 0.328 e. The number of urea groups is 1. The Morgan fingerprint density at radius 3 is 2.58 bits per heavy atom. The summed E-state index contributed by atoms with van der Waals surface area (Å²) in [7, 11) is 0. The van der Waals surface area contributed by atoms with E-state index in [0.717, 1.165) is 37.8 Å². The van der Waals surface area contributed by atoms with Gasteiger partial charge in [-0.05, 0) is 47.0 Å². The van der Waals surface area contributed by atoms with Crippen LogP contribution in [-0.4, -0.2) is 37.9 Å². The van der Waals surface area contributed by atoms with Crippen molar-refractivity contribution in [3.8, 4) is 5.75 Å². The van der Waals surface area contributed by atoms with Crippen molar-refractivity contribution in [2.24, 2.45) is 0 Å². The summed E-state index contributed by atoms with van der Waals surface area (Å²) in [5.41, 5.74) is 4.56. The van der Waals surface area contributed by atoms with E-state index in [-0.39, 0.29) is 24.2 Å². The van der Waals surface area contributed by atoms with Gasteiger partial charge >= 0.3 is 6.03 Å². The van der Waals surface area contributed by atoms with Crippen molar-refractivity contribution < 1.29 is 14.7 Å². The Labute approximate surface area is 198 Å². The minimum Gasteiger partial charge on any atom is -0.508 e. The smallest absolute Gasteiger partial charge is 0.328 e. The molecular weight excluding hydrogens is 482 g/mol. The van der Waals surface area contributed by atoms with Gasteiger partial charge < -0.3 is 10.1 Å². The molecule has 3 aromatic carbocycles. The number of hydrogen-bond acceptors (Lipinski definition) is 3. The summed E-state index contributed by atoms with van der Waals surface area (Å²) < 4.78 is 0.942. The van der Waals surface area contributed by atoms with Crippen molar-refractivity contribution >= 4 is 38.8 Å². The van der Waals surface area contributed by atoms with Crippen molar-refractivity contribution in [3.63, 3.8) is 0 Å². The molecule has 3 amide bonds. The van der Waals surface area contributed by atoms with Crippen LogP contribution in [-0.2, 0) is 17.8 Å². The molecule has 1 saturated heterocycles. The lowest BCUT2D eigenvalue weighted by molar-refractivity contribution is -0.129. The first-order valence-electron chi connectivity index (χ1n) is 10.8. The Kier molecular flexibility index (Phi) is 4.55. The summed E-state index contributed by atoms with van der Waals surface area (Å²) in [6, 6.07) is 21.1. The summed E-state index contributed by atoms with van der Waals surface area (Å²) >= 11 is 3.42. The molecule has 0 aliphatic carbocycles. The minimum atomic E-state index is -0.591. The Hall–Kier alpha value is -3.58. The van der Waals surface area contributed by atoms with Crippen LogP contribution < -0.4 is 0 Å². The number of H-pyrrole nitrogens is 1. The highest BCUT2D eigenvalue weighted by Gasteiger charge is 2.52. The van der Waals surface area contributed by atoms with E-state index < -0.39 is 12.1 Å². The van der Waals surface area contributed by atoms with Crippen LogP contribution in [0.1, 0.15) is 28.4 Å². The molecular formula is C26H20BrN3O3. The number of phenols is 1. The average molecular weight is 502 g/mol. The van der Waals surface area contributed by atoms with Crippen LogP contribution in [0.3, 0.4) is 0 Å². The summed E-state index contributed by atoms with van der Waals surface area (Å²) in [5, 5.41) is 11.2. The van der Waals surface area contributed by atoms with Gasteiger partial charge in [0.2, 0.25) is 0 Å². The molecule has 1 aromatic heterocycles. The molecule has 0 radical (unpaired) electrons. The minimum absolute atomic E-state index is 0.122. The van der Waals surface area contributed by atoms with Gasteiger partial charge in [0.1, 0.15) is 17.8 Å². The SMILES string of the molecule is O=C1[C@@H]2Cc3c([nH]c4ccccc34)[C@@H](c3cccc(O)c3)N2C(=O)N1Cc1ccc(Br)cc1. The molecule has 1 fully saturated rings. The van der Waals surface area contributed by atoms with E-state index in [2.05, 4.69) is 20.9 Å². The highest BCUT2D eigenvalue weighted by molar-refractivity contribution is 9.10. The van der Waals surface area contributed by atoms with Crippen molar-refractivity contribution in [2.75, 3.05) is 0 Å². The number of amides is 3. The van der Waals surface area contributed by atoms with Gasteiger partial charge in [-0.1, -0.05) is 58.4 Å². The number of carbonyl (C=O) groups excluding carboxylic acids is 2. The van der Waals surface area contributed by atoms with Gasteiger partial charge in [0.05, 0.1) is 6.54 Å². The lowest BCUT2D eigenvalue weighted by atomic mass is 9.89. The molecule has 6 rings (SSSR count). The first-order chi connectivity index (χ1) is 16.0. The van der Waals surface area contributed by atoms with Crippen LogP contribution in [0.15, 0.2) is 77.3 Å². The van der Waals surface area contributed by atoms with E-state index in [1.807, 2.05) is 54.6 Å². The standard InChI is InChI=1S/C26H20BrN3O3/c27-17-10-8-15(9-11-17)14-29-25(32)22-13-20-19-6-1-2-7-21(19)28-23(20)24(30(22)26(29)33)16-4-3-5-18(31)12-16/h1-12,22,24,28,31H,13-14H2/t22-,24+/m0/s1. The third kappa shape index (κ3) is 3.15. The summed E-state index contributed by atoms with van der Waals surface area (Å²) in [6.45, 7) is 0.222. The molecule has 2 aliphatic heterocycles. The monoisotopic (exact) mass is 501 g/mol. The van der Waals surface area contributed by atoms with Crippen molar-refractivity contribution in [1.82, 2.24) is 14.8 Å². The fourth-order valence-corrected chi connectivity index (χ4v) is 5.35. The number of carbonyl (C=O) groups is 2. The number of benzene rings is 3. The van der Waals surface area contributed by atoms with E-state index in [0.29, 0.717) is 6.42 Å². The largest absolute Gasteiger partial charge is 0.508 e. The van der Waals surface area contributed by atoms with Crippen LogP contribution in [0.4, 0.5) is 4.79 Å². The van der Waals surface area contributed by atoms with Gasteiger partial charge in [-0.2, -0.15) is 0 Å². The summed E-state index contributed by atoms with van der Waals surface area (Å²) in [4.78, 5) is 33.7. The molecule has 164 valence electrons. The number of aromatic amines is 1. The van der Waals surface area contributed by atoms with Gasteiger partial charge in [0, 0.05) is 27.5 Å². The Bertz CT molecular complexity index is 1410. The Balaban J connectivity index is 1.47. The van der Waals surface area contributed by atoms with E-state index in [9.17, 15) is 14.7 Å².